The second kappa shape index (κ2) is 6.41. The smallest absolute Gasteiger partial charge is 0.254 e. The molecule has 2 aromatic carbocycles. The van der Waals surface area contributed by atoms with Crippen LogP contribution in [0.3, 0.4) is 0 Å². The molecule has 0 radical (unpaired) electrons. The number of benzene rings is 2. The average molecular weight is 351 g/mol. The van der Waals surface area contributed by atoms with E-state index in [9.17, 15) is 4.79 Å². The fraction of sp³-hybridized carbons (Fsp3) is 0.190. The third kappa shape index (κ3) is 2.96. The van der Waals surface area contributed by atoms with Gasteiger partial charge < -0.3 is 9.88 Å². The Morgan fingerprint density at radius 1 is 1.12 bits per heavy atom. The van der Waals surface area contributed by atoms with Gasteiger partial charge in [-0.1, -0.05) is 35.9 Å². The van der Waals surface area contributed by atoms with Crippen molar-refractivity contribution >= 4 is 34.0 Å². The maximum Gasteiger partial charge on any atom is 0.254 e. The van der Waals surface area contributed by atoms with E-state index in [-0.39, 0.29) is 5.91 Å². The molecule has 0 aliphatic carbocycles. The third-order valence-corrected chi connectivity index (χ3v) is 5.05. The van der Waals surface area contributed by atoms with E-state index >= 15 is 0 Å². The summed E-state index contributed by atoms with van der Waals surface area (Å²) >= 11 is 5.90. The van der Waals surface area contributed by atoms with E-state index in [1.165, 1.54) is 22.2 Å². The van der Waals surface area contributed by atoms with Gasteiger partial charge in [0.2, 0.25) is 0 Å². The van der Waals surface area contributed by atoms with Crippen LogP contribution in [0.2, 0.25) is 5.02 Å². The lowest BCUT2D eigenvalue weighted by Gasteiger charge is -2.27. The van der Waals surface area contributed by atoms with Crippen molar-refractivity contribution in [1.82, 2.24) is 9.88 Å². The number of amides is 1. The van der Waals surface area contributed by atoms with Crippen molar-refractivity contribution in [3.63, 3.8) is 0 Å². The van der Waals surface area contributed by atoms with E-state index in [1.807, 2.05) is 11.0 Å². The number of hydrogen-bond donors (Lipinski definition) is 1. The molecule has 126 valence electrons. The molecule has 1 N–H and O–H groups in total. The summed E-state index contributed by atoms with van der Waals surface area (Å²) in [6.07, 6.45) is 3.04. The Hall–Kier alpha value is -2.52. The van der Waals surface area contributed by atoms with Crippen molar-refractivity contribution in [1.29, 1.82) is 0 Å². The number of halogens is 1. The molecule has 3 aromatic rings. The first-order valence-corrected chi connectivity index (χ1v) is 8.83. The van der Waals surface area contributed by atoms with Crippen molar-refractivity contribution in [2.75, 3.05) is 13.1 Å². The monoisotopic (exact) mass is 350 g/mol. The van der Waals surface area contributed by atoms with Gasteiger partial charge in [-0.3, -0.25) is 4.79 Å². The Kier molecular flexibility index (Phi) is 4.10. The Morgan fingerprint density at radius 3 is 2.60 bits per heavy atom. The molecule has 0 atom stereocenters. The first kappa shape index (κ1) is 16.0. The van der Waals surface area contributed by atoms with Crippen LogP contribution >= 0.6 is 11.6 Å². The topological polar surface area (TPSA) is 36.1 Å². The fourth-order valence-electron chi connectivity index (χ4n) is 3.55. The van der Waals surface area contributed by atoms with Crippen LogP contribution in [-0.4, -0.2) is 28.9 Å². The van der Waals surface area contributed by atoms with Crippen LogP contribution in [0.15, 0.2) is 54.6 Å². The lowest BCUT2D eigenvalue weighted by molar-refractivity contribution is 0.0773. The van der Waals surface area contributed by atoms with Gasteiger partial charge in [0.15, 0.2) is 0 Å². The molecule has 1 aliphatic rings. The number of rotatable bonds is 2. The maximum absolute atomic E-state index is 12.6. The zero-order valence-corrected chi connectivity index (χ0v) is 14.8. The number of nitrogens with one attached hydrogen (secondary N) is 1. The molecule has 1 amide bonds. The number of aryl methyl sites for hydroxylation is 1. The summed E-state index contributed by atoms with van der Waals surface area (Å²) in [5.41, 5.74) is 5.63. The van der Waals surface area contributed by atoms with E-state index in [0.29, 0.717) is 17.1 Å². The molecular weight excluding hydrogens is 332 g/mol. The van der Waals surface area contributed by atoms with E-state index in [1.54, 1.807) is 24.3 Å². The fourth-order valence-corrected chi connectivity index (χ4v) is 3.67. The average Bonchev–Trinajstić information content (AvgIpc) is 2.97. The van der Waals surface area contributed by atoms with Gasteiger partial charge in [0, 0.05) is 45.8 Å². The molecule has 0 unspecified atom stereocenters. The molecule has 4 heteroatoms. The highest BCUT2D eigenvalue weighted by atomic mass is 35.5. The molecule has 0 saturated heterocycles. The predicted molar refractivity (Wildman–Crippen MR) is 103 cm³/mol. The van der Waals surface area contributed by atoms with Crippen molar-refractivity contribution in [2.45, 2.75) is 13.3 Å². The largest absolute Gasteiger partial charge is 0.358 e. The summed E-state index contributed by atoms with van der Waals surface area (Å²) in [7, 11) is 0. The summed E-state index contributed by atoms with van der Waals surface area (Å²) in [5.74, 6) is 0.0580. The van der Waals surface area contributed by atoms with Crippen molar-refractivity contribution in [2.24, 2.45) is 0 Å². The van der Waals surface area contributed by atoms with Crippen LogP contribution in [0.1, 0.15) is 28.0 Å². The summed E-state index contributed by atoms with van der Waals surface area (Å²) in [6, 6.07) is 15.5. The van der Waals surface area contributed by atoms with Crippen LogP contribution in [0, 0.1) is 6.92 Å². The Morgan fingerprint density at radius 2 is 1.88 bits per heavy atom. The number of hydrogen-bond acceptors (Lipinski definition) is 1. The molecule has 4 rings (SSSR count). The first-order valence-electron chi connectivity index (χ1n) is 8.45. The maximum atomic E-state index is 12.6. The Labute approximate surface area is 151 Å². The van der Waals surface area contributed by atoms with E-state index in [0.717, 1.165) is 18.5 Å². The van der Waals surface area contributed by atoms with Crippen LogP contribution < -0.4 is 0 Å². The zero-order chi connectivity index (χ0) is 17.4. The summed E-state index contributed by atoms with van der Waals surface area (Å²) in [5, 5.41) is 1.90. The van der Waals surface area contributed by atoms with Crippen molar-refractivity contribution < 1.29 is 4.79 Å². The number of fused-ring (bicyclic) bond motifs is 1. The lowest BCUT2D eigenvalue weighted by atomic mass is 9.96. The predicted octanol–water partition coefficient (Wildman–Crippen LogP) is 5.06. The number of carbonyl (C=O) groups is 1. The second-order valence-corrected chi connectivity index (χ2v) is 6.84. The number of carbonyl (C=O) groups excluding carboxylic acids is 1. The molecule has 1 aromatic heterocycles. The highest BCUT2D eigenvalue weighted by molar-refractivity contribution is 6.30. The molecule has 0 spiro atoms. The number of aromatic nitrogens is 1. The lowest BCUT2D eigenvalue weighted by Crippen LogP contribution is -2.34. The zero-order valence-electron chi connectivity index (χ0n) is 14.1. The normalized spacial score (nSPS) is 14.6. The van der Waals surface area contributed by atoms with Crippen LogP contribution in [0.4, 0.5) is 0 Å². The van der Waals surface area contributed by atoms with Crippen LogP contribution in [0.5, 0.6) is 0 Å². The number of para-hydroxylation sites is 1. The van der Waals surface area contributed by atoms with E-state index < -0.39 is 0 Å². The molecule has 2 heterocycles. The summed E-state index contributed by atoms with van der Waals surface area (Å²) in [4.78, 5) is 18.0. The van der Waals surface area contributed by atoms with Gasteiger partial charge in [0.1, 0.15) is 0 Å². The molecular formula is C21H19ClN2O. The minimum atomic E-state index is 0.0580. The second-order valence-electron chi connectivity index (χ2n) is 6.41. The molecule has 1 aliphatic heterocycles. The van der Waals surface area contributed by atoms with Gasteiger partial charge in [-0.05, 0) is 49.2 Å². The molecule has 0 saturated carbocycles. The molecule has 0 bridgehead atoms. The van der Waals surface area contributed by atoms with Crippen LogP contribution in [0.25, 0.3) is 16.5 Å². The molecule has 25 heavy (non-hydrogen) atoms. The molecule has 3 nitrogen and oxygen atoms in total. The van der Waals surface area contributed by atoms with Crippen molar-refractivity contribution in [3.05, 3.63) is 76.5 Å². The number of aromatic amines is 1. The Bertz CT molecular complexity index is 969. The minimum absolute atomic E-state index is 0.0580. The van der Waals surface area contributed by atoms with E-state index in [4.69, 9.17) is 11.6 Å². The van der Waals surface area contributed by atoms with Gasteiger partial charge in [0.05, 0.1) is 0 Å². The summed E-state index contributed by atoms with van der Waals surface area (Å²) in [6.45, 7) is 3.48. The van der Waals surface area contributed by atoms with Gasteiger partial charge in [-0.2, -0.15) is 0 Å². The van der Waals surface area contributed by atoms with Gasteiger partial charge >= 0.3 is 0 Å². The highest BCUT2D eigenvalue weighted by Crippen LogP contribution is 2.32. The SMILES string of the molecule is Cc1[nH]c2ccccc2c1C1=CCN(C(=O)c2ccc(Cl)cc2)CC1. The first-order chi connectivity index (χ1) is 12.1. The standard InChI is InChI=1S/C21H19ClN2O/c1-14-20(18-4-2-3-5-19(18)23-14)15-10-12-24(13-11-15)21(25)16-6-8-17(22)9-7-16/h2-10,23H,11-13H2,1H3. The highest BCUT2D eigenvalue weighted by Gasteiger charge is 2.21. The third-order valence-electron chi connectivity index (χ3n) is 4.80. The van der Waals surface area contributed by atoms with Gasteiger partial charge in [-0.15, -0.1) is 0 Å². The van der Waals surface area contributed by atoms with E-state index in [2.05, 4.69) is 36.2 Å². The molecule has 0 fully saturated rings. The van der Waals surface area contributed by atoms with Gasteiger partial charge in [-0.25, -0.2) is 0 Å². The number of H-pyrrole nitrogens is 1. The van der Waals surface area contributed by atoms with Gasteiger partial charge in [0.25, 0.3) is 5.91 Å². The van der Waals surface area contributed by atoms with Crippen LogP contribution in [-0.2, 0) is 0 Å². The van der Waals surface area contributed by atoms with Crippen molar-refractivity contribution in [3.8, 4) is 0 Å². The minimum Gasteiger partial charge on any atom is -0.358 e. The summed E-state index contributed by atoms with van der Waals surface area (Å²) < 4.78 is 0. The number of nitrogens with zero attached hydrogens (tertiary/aromatic N) is 1. The Balaban J connectivity index is 1.58. The quantitative estimate of drug-likeness (QED) is 0.689.